The fraction of sp³-hybridized carbons (Fsp3) is 0.423. The second-order valence-corrected chi connectivity index (χ2v) is 10.7. The number of carbonyl (C=O) groups excluding carboxylic acids is 2. The van der Waals surface area contributed by atoms with Crippen LogP contribution >= 0.6 is 34.5 Å². The van der Waals surface area contributed by atoms with Crippen LogP contribution in [-0.4, -0.2) is 46.4 Å². The Hall–Kier alpha value is -2.55. The average Bonchev–Trinajstić information content (AvgIpc) is 3.30. The van der Waals surface area contributed by atoms with Gasteiger partial charge in [-0.05, 0) is 50.8 Å². The molecule has 0 bridgehead atoms. The number of aromatic nitrogens is 3. The number of aryl methyl sites for hydroxylation is 1. The van der Waals surface area contributed by atoms with Gasteiger partial charge < -0.3 is 9.64 Å². The highest BCUT2D eigenvalue weighted by Crippen LogP contribution is 2.35. The number of rotatable bonds is 8. The molecular weight excluding hydrogens is 519 g/mol. The number of hydrogen-bond acceptors (Lipinski definition) is 8. The van der Waals surface area contributed by atoms with Gasteiger partial charge in [-0.2, -0.15) is 0 Å². The zero-order valence-electron chi connectivity index (χ0n) is 20.5. The number of thiazole rings is 1. The SMILES string of the molecule is CCOC(=O)C1CCN(c2cnc(C(=O)Cc3nc(-c4cc(Cl)c(C)c(Cl)c4)c(CC)s3)cn2)CC1. The van der Waals surface area contributed by atoms with E-state index in [0.29, 0.717) is 59.1 Å². The second-order valence-electron chi connectivity index (χ2n) is 8.67. The molecule has 0 atom stereocenters. The fourth-order valence-electron chi connectivity index (χ4n) is 4.18. The number of benzene rings is 1. The summed E-state index contributed by atoms with van der Waals surface area (Å²) in [6.07, 6.45) is 5.49. The molecule has 0 spiro atoms. The first-order valence-electron chi connectivity index (χ1n) is 12.0. The number of ether oxygens (including phenoxy) is 1. The number of carbonyl (C=O) groups is 2. The van der Waals surface area contributed by atoms with Crippen LogP contribution in [0.15, 0.2) is 24.5 Å². The maximum Gasteiger partial charge on any atom is 0.309 e. The third-order valence-electron chi connectivity index (χ3n) is 6.29. The first kappa shape index (κ1) is 26.5. The summed E-state index contributed by atoms with van der Waals surface area (Å²) < 4.78 is 5.13. The Bertz CT molecular complexity index is 1230. The van der Waals surface area contributed by atoms with Crippen molar-refractivity contribution in [1.82, 2.24) is 15.0 Å². The molecule has 1 saturated heterocycles. The van der Waals surface area contributed by atoms with Gasteiger partial charge in [0.1, 0.15) is 16.5 Å². The molecule has 1 aliphatic rings. The second kappa shape index (κ2) is 11.7. The van der Waals surface area contributed by atoms with Gasteiger partial charge in [0.05, 0.1) is 37.0 Å². The minimum absolute atomic E-state index is 0.0711. The molecule has 3 aromatic rings. The van der Waals surface area contributed by atoms with E-state index in [0.717, 1.165) is 28.1 Å². The lowest BCUT2D eigenvalue weighted by atomic mass is 9.97. The summed E-state index contributed by atoms with van der Waals surface area (Å²) in [4.78, 5) is 41.6. The minimum Gasteiger partial charge on any atom is -0.466 e. The normalized spacial score (nSPS) is 14.2. The van der Waals surface area contributed by atoms with E-state index in [2.05, 4.69) is 21.8 Å². The summed E-state index contributed by atoms with van der Waals surface area (Å²) in [6.45, 7) is 7.53. The lowest BCUT2D eigenvalue weighted by Gasteiger charge is -2.31. The van der Waals surface area contributed by atoms with Crippen LogP contribution in [0, 0.1) is 12.8 Å². The van der Waals surface area contributed by atoms with Gasteiger partial charge in [-0.3, -0.25) is 9.59 Å². The van der Waals surface area contributed by atoms with E-state index < -0.39 is 0 Å². The van der Waals surface area contributed by atoms with E-state index in [1.54, 1.807) is 6.20 Å². The summed E-state index contributed by atoms with van der Waals surface area (Å²) >= 11 is 14.2. The van der Waals surface area contributed by atoms with E-state index in [-0.39, 0.29) is 24.1 Å². The zero-order chi connectivity index (χ0) is 25.8. The molecule has 190 valence electrons. The predicted octanol–water partition coefficient (Wildman–Crippen LogP) is 5.98. The van der Waals surface area contributed by atoms with Crippen molar-refractivity contribution in [2.75, 3.05) is 24.6 Å². The highest BCUT2D eigenvalue weighted by molar-refractivity contribution is 7.12. The molecule has 0 unspecified atom stereocenters. The molecule has 0 N–H and O–H groups in total. The molecule has 7 nitrogen and oxygen atoms in total. The van der Waals surface area contributed by atoms with Crippen molar-refractivity contribution >= 4 is 52.1 Å². The van der Waals surface area contributed by atoms with Gasteiger partial charge in [-0.1, -0.05) is 30.1 Å². The van der Waals surface area contributed by atoms with Crippen molar-refractivity contribution in [1.29, 1.82) is 0 Å². The summed E-state index contributed by atoms with van der Waals surface area (Å²) in [7, 11) is 0. The Kier molecular flexibility index (Phi) is 8.59. The summed E-state index contributed by atoms with van der Waals surface area (Å²) in [5.74, 6) is 0.359. The molecular formula is C26H28Cl2N4O3S. The van der Waals surface area contributed by atoms with Gasteiger partial charge in [0.2, 0.25) is 0 Å². The van der Waals surface area contributed by atoms with Gasteiger partial charge in [0.15, 0.2) is 5.78 Å². The van der Waals surface area contributed by atoms with Crippen molar-refractivity contribution in [2.45, 2.75) is 46.5 Å². The maximum atomic E-state index is 12.9. The van der Waals surface area contributed by atoms with E-state index in [1.807, 2.05) is 26.0 Å². The van der Waals surface area contributed by atoms with E-state index >= 15 is 0 Å². The smallest absolute Gasteiger partial charge is 0.309 e. The predicted molar refractivity (Wildman–Crippen MR) is 143 cm³/mol. The molecule has 36 heavy (non-hydrogen) atoms. The van der Waals surface area contributed by atoms with Crippen LogP contribution in [0.3, 0.4) is 0 Å². The van der Waals surface area contributed by atoms with Crippen LogP contribution < -0.4 is 4.90 Å². The van der Waals surface area contributed by atoms with Crippen molar-refractivity contribution in [3.8, 4) is 11.3 Å². The van der Waals surface area contributed by atoms with E-state index in [1.165, 1.54) is 17.5 Å². The van der Waals surface area contributed by atoms with E-state index in [4.69, 9.17) is 32.9 Å². The molecule has 0 aliphatic carbocycles. The average molecular weight is 548 g/mol. The molecule has 3 heterocycles. The Morgan fingerprint density at radius 1 is 1.11 bits per heavy atom. The maximum absolute atomic E-state index is 12.9. The van der Waals surface area contributed by atoms with Crippen molar-refractivity contribution in [3.63, 3.8) is 0 Å². The lowest BCUT2D eigenvalue weighted by Crippen LogP contribution is -2.37. The molecule has 1 aliphatic heterocycles. The first-order valence-corrected chi connectivity index (χ1v) is 13.6. The molecule has 0 amide bonds. The van der Waals surface area contributed by atoms with Gasteiger partial charge in [0, 0.05) is 33.6 Å². The van der Waals surface area contributed by atoms with Crippen LogP contribution in [0.1, 0.15) is 52.6 Å². The number of hydrogen-bond donors (Lipinski definition) is 0. The third-order valence-corrected chi connectivity index (χ3v) is 8.28. The van der Waals surface area contributed by atoms with Crippen LogP contribution in [0.5, 0.6) is 0 Å². The Morgan fingerprint density at radius 2 is 1.81 bits per heavy atom. The highest BCUT2D eigenvalue weighted by atomic mass is 35.5. The largest absolute Gasteiger partial charge is 0.466 e. The topological polar surface area (TPSA) is 85.3 Å². The Labute approximate surface area is 224 Å². The molecule has 10 heteroatoms. The number of anilines is 1. The van der Waals surface area contributed by atoms with Crippen molar-refractivity contribution in [3.05, 3.63) is 55.7 Å². The monoisotopic (exact) mass is 546 g/mol. The van der Waals surface area contributed by atoms with Crippen LogP contribution in [0.25, 0.3) is 11.3 Å². The number of ketones is 1. The van der Waals surface area contributed by atoms with Gasteiger partial charge >= 0.3 is 5.97 Å². The Morgan fingerprint density at radius 3 is 2.39 bits per heavy atom. The van der Waals surface area contributed by atoms with Gasteiger partial charge in [-0.15, -0.1) is 11.3 Å². The van der Waals surface area contributed by atoms with E-state index in [9.17, 15) is 9.59 Å². The molecule has 1 aromatic carbocycles. The third kappa shape index (κ3) is 5.88. The molecule has 1 fully saturated rings. The van der Waals surface area contributed by atoms with Gasteiger partial charge in [0.25, 0.3) is 0 Å². The van der Waals surface area contributed by atoms with Crippen molar-refractivity contribution in [2.24, 2.45) is 5.92 Å². The summed E-state index contributed by atoms with van der Waals surface area (Å²) in [5, 5.41) is 1.89. The highest BCUT2D eigenvalue weighted by Gasteiger charge is 2.27. The van der Waals surface area contributed by atoms with Crippen LogP contribution in [-0.2, 0) is 22.4 Å². The van der Waals surface area contributed by atoms with Gasteiger partial charge in [-0.25, -0.2) is 15.0 Å². The first-order chi connectivity index (χ1) is 17.3. The molecule has 0 radical (unpaired) electrons. The number of nitrogens with zero attached hydrogens (tertiary/aromatic N) is 4. The quantitative estimate of drug-likeness (QED) is 0.253. The summed E-state index contributed by atoms with van der Waals surface area (Å²) in [6, 6.07) is 3.73. The lowest BCUT2D eigenvalue weighted by molar-refractivity contribution is -0.148. The van der Waals surface area contributed by atoms with Crippen LogP contribution in [0.4, 0.5) is 5.82 Å². The Balaban J connectivity index is 1.42. The number of halogens is 2. The minimum atomic E-state index is -0.141. The zero-order valence-corrected chi connectivity index (χ0v) is 22.8. The van der Waals surface area contributed by atoms with Crippen molar-refractivity contribution < 1.29 is 14.3 Å². The molecule has 2 aromatic heterocycles. The summed E-state index contributed by atoms with van der Waals surface area (Å²) in [5.41, 5.74) is 2.78. The molecule has 0 saturated carbocycles. The standard InChI is InChI=1S/C26H28Cl2N4O3S/c1-4-22-25(17-10-18(27)15(3)19(28)11-17)31-24(36-22)12-21(33)20-13-30-23(14-29-20)32-8-6-16(7-9-32)26(34)35-5-2/h10-11,13-14,16H,4-9,12H2,1-3H3. The number of esters is 1. The number of Topliss-reactive ketones (excluding diaryl/α,β-unsaturated/α-hetero) is 1. The molecule has 4 rings (SSSR count). The number of piperidine rings is 1. The fourth-order valence-corrected chi connectivity index (χ4v) is 5.70. The van der Waals surface area contributed by atoms with Crippen LogP contribution in [0.2, 0.25) is 10.0 Å².